The Balaban J connectivity index is 1.71. The van der Waals surface area contributed by atoms with Crippen molar-refractivity contribution in [1.29, 1.82) is 0 Å². The molecule has 0 spiro atoms. The molecule has 0 saturated carbocycles. The van der Waals surface area contributed by atoms with Gasteiger partial charge in [-0.3, -0.25) is 19.5 Å². The van der Waals surface area contributed by atoms with Gasteiger partial charge in [-0.05, 0) is 17.5 Å². The maximum atomic E-state index is 12.6. The van der Waals surface area contributed by atoms with Crippen LogP contribution in [-0.2, 0) is 6.54 Å². The summed E-state index contributed by atoms with van der Waals surface area (Å²) in [6.07, 6.45) is 1.35. The number of hydrogen-bond acceptors (Lipinski definition) is 8. The second-order valence-electron chi connectivity index (χ2n) is 5.13. The second kappa shape index (κ2) is 5.91. The predicted molar refractivity (Wildman–Crippen MR) is 89.4 cm³/mol. The van der Waals surface area contributed by atoms with E-state index in [1.54, 1.807) is 0 Å². The van der Waals surface area contributed by atoms with Crippen molar-refractivity contribution in [2.45, 2.75) is 6.54 Å². The van der Waals surface area contributed by atoms with E-state index in [2.05, 4.69) is 15.1 Å². The Bertz CT molecular complexity index is 1130. The topological polar surface area (TPSA) is 117 Å². The van der Waals surface area contributed by atoms with E-state index in [-0.39, 0.29) is 23.5 Å². The number of nitro groups is 1. The van der Waals surface area contributed by atoms with Gasteiger partial charge in [0.2, 0.25) is 11.7 Å². The third-order valence-electron chi connectivity index (χ3n) is 3.53. The summed E-state index contributed by atoms with van der Waals surface area (Å²) >= 11 is 1.48. The van der Waals surface area contributed by atoms with Crippen LogP contribution in [0.5, 0.6) is 0 Å². The monoisotopic (exact) mass is 355 g/mol. The Labute approximate surface area is 143 Å². The first-order chi connectivity index (χ1) is 12.1. The molecule has 0 saturated heterocycles. The van der Waals surface area contributed by atoms with Gasteiger partial charge in [0.25, 0.3) is 11.2 Å². The van der Waals surface area contributed by atoms with E-state index in [0.29, 0.717) is 11.3 Å². The van der Waals surface area contributed by atoms with Crippen molar-refractivity contribution in [3.05, 3.63) is 68.4 Å². The van der Waals surface area contributed by atoms with Crippen LogP contribution in [-0.4, -0.2) is 24.6 Å². The highest BCUT2D eigenvalue weighted by molar-refractivity contribution is 7.13. The van der Waals surface area contributed by atoms with Gasteiger partial charge < -0.3 is 4.52 Å². The molecule has 0 bridgehead atoms. The van der Waals surface area contributed by atoms with Gasteiger partial charge in [0.15, 0.2) is 0 Å². The van der Waals surface area contributed by atoms with Crippen LogP contribution in [0.1, 0.15) is 5.89 Å². The number of non-ortho nitro benzene ring substituents is 1. The lowest BCUT2D eigenvalue weighted by Gasteiger charge is -2.03. The minimum atomic E-state index is -0.554. The van der Waals surface area contributed by atoms with Crippen LogP contribution in [0.3, 0.4) is 0 Å². The molecule has 4 aromatic rings. The molecule has 0 fully saturated rings. The smallest absolute Gasteiger partial charge is 0.270 e. The number of nitrogens with zero attached hydrogens (tertiary/aromatic N) is 5. The van der Waals surface area contributed by atoms with Crippen molar-refractivity contribution in [2.75, 3.05) is 0 Å². The fourth-order valence-electron chi connectivity index (χ4n) is 2.34. The predicted octanol–water partition coefficient (Wildman–Crippen LogP) is 2.46. The summed E-state index contributed by atoms with van der Waals surface area (Å²) in [6.45, 7) is 0.0306. The number of rotatable bonds is 4. The Kier molecular flexibility index (Phi) is 3.58. The van der Waals surface area contributed by atoms with E-state index in [1.807, 2.05) is 17.5 Å². The van der Waals surface area contributed by atoms with Gasteiger partial charge in [0.1, 0.15) is 6.54 Å². The van der Waals surface area contributed by atoms with Gasteiger partial charge in [-0.2, -0.15) is 4.98 Å². The van der Waals surface area contributed by atoms with Crippen LogP contribution in [0.15, 0.2) is 51.4 Å². The average molecular weight is 355 g/mol. The van der Waals surface area contributed by atoms with Gasteiger partial charge in [0.05, 0.1) is 27.0 Å². The number of fused-ring (bicyclic) bond motifs is 1. The van der Waals surface area contributed by atoms with Crippen molar-refractivity contribution in [1.82, 2.24) is 19.7 Å². The van der Waals surface area contributed by atoms with Gasteiger partial charge in [-0.1, -0.05) is 11.2 Å². The van der Waals surface area contributed by atoms with E-state index in [9.17, 15) is 14.9 Å². The van der Waals surface area contributed by atoms with Crippen LogP contribution in [0.4, 0.5) is 5.69 Å². The van der Waals surface area contributed by atoms with Crippen LogP contribution >= 0.6 is 11.3 Å². The lowest BCUT2D eigenvalue weighted by atomic mass is 10.2. The zero-order valence-corrected chi connectivity index (χ0v) is 13.3. The molecule has 4 rings (SSSR count). The first kappa shape index (κ1) is 15.1. The van der Waals surface area contributed by atoms with Gasteiger partial charge in [-0.15, -0.1) is 11.3 Å². The minimum absolute atomic E-state index is 0.0306. The summed E-state index contributed by atoms with van der Waals surface area (Å²) in [5, 5.41) is 16.8. The molecule has 3 aromatic heterocycles. The molecule has 1 aromatic carbocycles. The highest BCUT2D eigenvalue weighted by atomic mass is 32.1. The number of benzene rings is 1. The fraction of sp³-hybridized carbons (Fsp3) is 0.0667. The largest absolute Gasteiger partial charge is 0.337 e. The quantitative estimate of drug-likeness (QED) is 0.407. The molecular weight excluding hydrogens is 346 g/mol. The lowest BCUT2D eigenvalue weighted by Crippen LogP contribution is -2.21. The number of thiophene rings is 1. The van der Waals surface area contributed by atoms with Crippen LogP contribution in [0, 0.1) is 10.1 Å². The second-order valence-corrected chi connectivity index (χ2v) is 6.07. The molecule has 25 heavy (non-hydrogen) atoms. The van der Waals surface area contributed by atoms with E-state index >= 15 is 0 Å². The molecule has 124 valence electrons. The Morgan fingerprint density at radius 2 is 2.20 bits per heavy atom. The molecule has 9 nitrogen and oxygen atoms in total. The minimum Gasteiger partial charge on any atom is -0.337 e. The molecular formula is C15H9N5O4S. The van der Waals surface area contributed by atoms with E-state index in [1.165, 1.54) is 40.4 Å². The van der Waals surface area contributed by atoms with Gasteiger partial charge >= 0.3 is 0 Å². The summed E-state index contributed by atoms with van der Waals surface area (Å²) in [5.41, 5.74) is -0.192. The third kappa shape index (κ3) is 2.78. The highest BCUT2D eigenvalue weighted by Gasteiger charge is 2.14. The molecule has 0 atom stereocenters. The Morgan fingerprint density at radius 1 is 1.32 bits per heavy atom. The summed E-state index contributed by atoms with van der Waals surface area (Å²) < 4.78 is 6.45. The zero-order valence-electron chi connectivity index (χ0n) is 12.5. The maximum Gasteiger partial charge on any atom is 0.270 e. The normalized spacial score (nSPS) is 11.0. The van der Waals surface area contributed by atoms with Crippen LogP contribution < -0.4 is 5.56 Å². The van der Waals surface area contributed by atoms with Crippen LogP contribution in [0.2, 0.25) is 0 Å². The Morgan fingerprint density at radius 3 is 2.96 bits per heavy atom. The molecule has 0 amide bonds. The molecule has 3 heterocycles. The first-order valence-corrected chi connectivity index (χ1v) is 8.00. The Hall–Kier alpha value is -3.40. The summed E-state index contributed by atoms with van der Waals surface area (Å²) in [4.78, 5) is 32.1. The van der Waals surface area contributed by atoms with Crippen molar-refractivity contribution in [2.24, 2.45) is 0 Å². The standard InChI is InChI=1S/C15H9N5O4S/c21-15-10-6-9(20(22)23)3-4-11(10)16-8-19(15)7-13-17-14(18-24-13)12-2-1-5-25-12/h1-6,8H,7H2. The molecule has 0 N–H and O–H groups in total. The number of nitro benzene ring substituents is 1. The van der Waals surface area contributed by atoms with E-state index < -0.39 is 10.5 Å². The molecule has 10 heteroatoms. The third-order valence-corrected chi connectivity index (χ3v) is 4.40. The van der Waals surface area contributed by atoms with Crippen LogP contribution in [0.25, 0.3) is 21.6 Å². The summed E-state index contributed by atoms with van der Waals surface area (Å²) in [6, 6.07) is 7.71. The fourth-order valence-corrected chi connectivity index (χ4v) is 2.99. The maximum absolute atomic E-state index is 12.6. The summed E-state index contributed by atoms with van der Waals surface area (Å²) in [7, 11) is 0. The van der Waals surface area contributed by atoms with Gasteiger partial charge in [-0.25, -0.2) is 4.98 Å². The van der Waals surface area contributed by atoms with Crippen molar-refractivity contribution < 1.29 is 9.45 Å². The first-order valence-electron chi connectivity index (χ1n) is 7.12. The average Bonchev–Trinajstić information content (AvgIpc) is 3.28. The lowest BCUT2D eigenvalue weighted by molar-refractivity contribution is -0.384. The molecule has 0 aliphatic rings. The van der Waals surface area contributed by atoms with E-state index in [0.717, 1.165) is 4.88 Å². The molecule has 0 radical (unpaired) electrons. The molecule has 0 aliphatic heterocycles. The summed E-state index contributed by atoms with van der Waals surface area (Å²) in [5.74, 6) is 0.694. The number of aromatic nitrogens is 4. The van der Waals surface area contributed by atoms with Crippen molar-refractivity contribution >= 4 is 27.9 Å². The SMILES string of the molecule is O=c1c2cc([N+](=O)[O-])ccc2ncn1Cc1nc(-c2cccs2)no1. The van der Waals surface area contributed by atoms with E-state index in [4.69, 9.17) is 4.52 Å². The number of hydrogen-bond donors (Lipinski definition) is 0. The molecule has 0 unspecified atom stereocenters. The zero-order chi connectivity index (χ0) is 17.4. The van der Waals surface area contributed by atoms with Crippen molar-refractivity contribution in [3.8, 4) is 10.7 Å². The highest BCUT2D eigenvalue weighted by Crippen LogP contribution is 2.21. The van der Waals surface area contributed by atoms with Crippen molar-refractivity contribution in [3.63, 3.8) is 0 Å². The molecule has 0 aliphatic carbocycles. The van der Waals surface area contributed by atoms with Gasteiger partial charge in [0, 0.05) is 12.1 Å².